The molecule has 1 unspecified atom stereocenters. The molecule has 0 N–H and O–H groups in total. The SMILES string of the molecule is Cc1noc(C)c1CN1CCN(C(=O)CN2C(=O)C(C)Oc3ccccc32)CC1. The van der Waals surface area contributed by atoms with Crippen molar-refractivity contribution in [3.8, 4) is 5.75 Å². The predicted molar refractivity (Wildman–Crippen MR) is 107 cm³/mol. The van der Waals surface area contributed by atoms with Crippen molar-refractivity contribution < 1.29 is 18.8 Å². The second kappa shape index (κ2) is 7.87. The van der Waals surface area contributed by atoms with Gasteiger partial charge in [0.15, 0.2) is 6.10 Å². The predicted octanol–water partition coefficient (Wildman–Crippen LogP) is 1.75. The molecule has 3 heterocycles. The first-order valence-electron chi connectivity index (χ1n) is 9.93. The highest BCUT2D eigenvalue weighted by atomic mass is 16.5. The number of aromatic nitrogens is 1. The Hall–Kier alpha value is -2.87. The van der Waals surface area contributed by atoms with Gasteiger partial charge in [-0.3, -0.25) is 19.4 Å². The molecule has 0 saturated carbocycles. The van der Waals surface area contributed by atoms with Crippen molar-refractivity contribution >= 4 is 17.5 Å². The summed E-state index contributed by atoms with van der Waals surface area (Å²) in [6.45, 7) is 9.22. The Morgan fingerprint density at radius 3 is 2.59 bits per heavy atom. The van der Waals surface area contributed by atoms with Crippen LogP contribution in [0.4, 0.5) is 5.69 Å². The number of fused-ring (bicyclic) bond motifs is 1. The van der Waals surface area contributed by atoms with Crippen LogP contribution in [0.25, 0.3) is 0 Å². The second-order valence-corrected chi connectivity index (χ2v) is 7.61. The average molecular weight is 398 g/mol. The van der Waals surface area contributed by atoms with Gasteiger partial charge < -0.3 is 14.2 Å². The van der Waals surface area contributed by atoms with E-state index in [1.807, 2.05) is 43.0 Å². The minimum absolute atomic E-state index is 0.0351. The van der Waals surface area contributed by atoms with Gasteiger partial charge in [0.25, 0.3) is 5.91 Å². The van der Waals surface area contributed by atoms with Crippen molar-refractivity contribution in [1.82, 2.24) is 15.0 Å². The molecule has 2 aliphatic rings. The summed E-state index contributed by atoms with van der Waals surface area (Å²) in [4.78, 5) is 31.2. The molecule has 2 aromatic rings. The summed E-state index contributed by atoms with van der Waals surface area (Å²) in [7, 11) is 0. The molecule has 2 amide bonds. The summed E-state index contributed by atoms with van der Waals surface area (Å²) in [5.41, 5.74) is 2.69. The van der Waals surface area contributed by atoms with Gasteiger partial charge >= 0.3 is 0 Å². The number of carbonyl (C=O) groups is 2. The number of para-hydroxylation sites is 2. The van der Waals surface area contributed by atoms with Gasteiger partial charge in [-0.25, -0.2) is 0 Å². The number of piperazine rings is 1. The molecular formula is C21H26N4O4. The van der Waals surface area contributed by atoms with Crippen LogP contribution < -0.4 is 9.64 Å². The number of ether oxygens (including phenoxy) is 1. The Bertz CT molecular complexity index is 898. The number of anilines is 1. The lowest BCUT2D eigenvalue weighted by Gasteiger charge is -2.37. The van der Waals surface area contributed by atoms with Gasteiger partial charge in [0.1, 0.15) is 18.1 Å². The number of amides is 2. The average Bonchev–Trinajstić information content (AvgIpc) is 3.04. The molecule has 0 radical (unpaired) electrons. The van der Waals surface area contributed by atoms with E-state index in [1.165, 1.54) is 0 Å². The van der Waals surface area contributed by atoms with E-state index in [4.69, 9.17) is 9.26 Å². The van der Waals surface area contributed by atoms with E-state index in [0.717, 1.165) is 36.7 Å². The summed E-state index contributed by atoms with van der Waals surface area (Å²) in [6.07, 6.45) is -0.593. The summed E-state index contributed by atoms with van der Waals surface area (Å²) < 4.78 is 10.9. The van der Waals surface area contributed by atoms with Crippen molar-refractivity contribution in [2.75, 3.05) is 37.6 Å². The first kappa shape index (κ1) is 19.4. The quantitative estimate of drug-likeness (QED) is 0.781. The molecule has 4 rings (SSSR count). The van der Waals surface area contributed by atoms with Crippen molar-refractivity contribution in [1.29, 1.82) is 0 Å². The van der Waals surface area contributed by atoms with E-state index < -0.39 is 6.10 Å². The Balaban J connectivity index is 1.37. The zero-order valence-electron chi connectivity index (χ0n) is 17.1. The molecule has 2 aliphatic heterocycles. The van der Waals surface area contributed by atoms with E-state index in [2.05, 4.69) is 10.1 Å². The Morgan fingerprint density at radius 2 is 1.90 bits per heavy atom. The van der Waals surface area contributed by atoms with Crippen LogP contribution >= 0.6 is 0 Å². The maximum Gasteiger partial charge on any atom is 0.268 e. The van der Waals surface area contributed by atoms with Gasteiger partial charge in [0, 0.05) is 38.3 Å². The maximum absolute atomic E-state index is 12.9. The van der Waals surface area contributed by atoms with Crippen LogP contribution in [-0.4, -0.2) is 65.6 Å². The van der Waals surface area contributed by atoms with Gasteiger partial charge in [0.05, 0.1) is 11.4 Å². The van der Waals surface area contributed by atoms with Crippen molar-refractivity contribution in [3.05, 3.63) is 41.3 Å². The van der Waals surface area contributed by atoms with Gasteiger partial charge in [-0.15, -0.1) is 0 Å². The number of hydrogen-bond donors (Lipinski definition) is 0. The van der Waals surface area contributed by atoms with Gasteiger partial charge in [-0.2, -0.15) is 0 Å². The number of aryl methyl sites for hydroxylation is 2. The van der Waals surface area contributed by atoms with Crippen molar-refractivity contribution in [2.45, 2.75) is 33.4 Å². The molecular weight excluding hydrogens is 372 g/mol. The third kappa shape index (κ3) is 3.85. The minimum atomic E-state index is -0.593. The molecule has 8 nitrogen and oxygen atoms in total. The third-order valence-electron chi connectivity index (χ3n) is 5.65. The molecule has 0 spiro atoms. The van der Waals surface area contributed by atoms with Crippen LogP contribution in [0.3, 0.4) is 0 Å². The Morgan fingerprint density at radius 1 is 1.17 bits per heavy atom. The molecule has 0 bridgehead atoms. The van der Waals surface area contributed by atoms with Crippen LogP contribution in [-0.2, 0) is 16.1 Å². The fraction of sp³-hybridized carbons (Fsp3) is 0.476. The van der Waals surface area contributed by atoms with Crippen LogP contribution in [0, 0.1) is 13.8 Å². The zero-order valence-corrected chi connectivity index (χ0v) is 17.1. The van der Waals surface area contributed by atoms with Crippen LogP contribution in [0.5, 0.6) is 5.75 Å². The fourth-order valence-electron chi connectivity index (χ4n) is 3.86. The number of benzene rings is 1. The van der Waals surface area contributed by atoms with Gasteiger partial charge in [-0.05, 0) is 32.9 Å². The van der Waals surface area contributed by atoms with E-state index in [1.54, 1.807) is 11.8 Å². The van der Waals surface area contributed by atoms with E-state index >= 15 is 0 Å². The molecule has 1 saturated heterocycles. The minimum Gasteiger partial charge on any atom is -0.479 e. The monoisotopic (exact) mass is 398 g/mol. The highest BCUT2D eigenvalue weighted by Gasteiger charge is 2.34. The van der Waals surface area contributed by atoms with Gasteiger partial charge in [-0.1, -0.05) is 17.3 Å². The van der Waals surface area contributed by atoms with E-state index in [-0.39, 0.29) is 18.4 Å². The fourth-order valence-corrected chi connectivity index (χ4v) is 3.86. The van der Waals surface area contributed by atoms with Crippen molar-refractivity contribution in [2.24, 2.45) is 0 Å². The first-order valence-corrected chi connectivity index (χ1v) is 9.93. The normalized spacial score (nSPS) is 19.8. The molecule has 154 valence electrons. The standard InChI is InChI=1S/C21H26N4O4/c1-14-17(15(2)29-22-14)12-23-8-10-24(11-9-23)20(26)13-25-18-6-4-5-7-19(18)28-16(3)21(25)27/h4-7,16H,8-13H2,1-3H3. The van der Waals surface area contributed by atoms with Gasteiger partial charge in [0.2, 0.25) is 5.91 Å². The summed E-state index contributed by atoms with van der Waals surface area (Å²) in [5.74, 6) is 1.25. The maximum atomic E-state index is 12.9. The number of hydrogen-bond acceptors (Lipinski definition) is 6. The summed E-state index contributed by atoms with van der Waals surface area (Å²) in [6, 6.07) is 7.34. The second-order valence-electron chi connectivity index (χ2n) is 7.61. The van der Waals surface area contributed by atoms with Crippen LogP contribution in [0.2, 0.25) is 0 Å². The highest BCUT2D eigenvalue weighted by molar-refractivity contribution is 6.03. The zero-order chi connectivity index (χ0) is 20.5. The molecule has 1 aromatic carbocycles. The lowest BCUT2D eigenvalue weighted by atomic mass is 10.1. The Labute approximate surface area is 170 Å². The lowest BCUT2D eigenvalue weighted by molar-refractivity contribution is -0.134. The number of rotatable bonds is 4. The third-order valence-corrected chi connectivity index (χ3v) is 5.65. The van der Waals surface area contributed by atoms with Crippen LogP contribution in [0.15, 0.2) is 28.8 Å². The van der Waals surface area contributed by atoms with E-state index in [0.29, 0.717) is 24.5 Å². The lowest BCUT2D eigenvalue weighted by Crippen LogP contribution is -2.53. The first-order chi connectivity index (χ1) is 13.9. The molecule has 8 heteroatoms. The smallest absolute Gasteiger partial charge is 0.268 e. The highest BCUT2D eigenvalue weighted by Crippen LogP contribution is 2.33. The summed E-state index contributed by atoms with van der Waals surface area (Å²) in [5, 5.41) is 4.01. The Kier molecular flexibility index (Phi) is 5.27. The largest absolute Gasteiger partial charge is 0.479 e. The molecule has 29 heavy (non-hydrogen) atoms. The molecule has 0 aliphatic carbocycles. The molecule has 1 atom stereocenters. The number of carbonyl (C=O) groups excluding carboxylic acids is 2. The topological polar surface area (TPSA) is 79.1 Å². The van der Waals surface area contributed by atoms with Crippen LogP contribution in [0.1, 0.15) is 23.9 Å². The molecule has 1 aromatic heterocycles. The van der Waals surface area contributed by atoms with E-state index in [9.17, 15) is 9.59 Å². The molecule has 1 fully saturated rings. The number of nitrogens with zero attached hydrogens (tertiary/aromatic N) is 4. The summed E-state index contributed by atoms with van der Waals surface area (Å²) >= 11 is 0. The van der Waals surface area contributed by atoms with Crippen molar-refractivity contribution in [3.63, 3.8) is 0 Å².